The van der Waals surface area contributed by atoms with Crippen molar-refractivity contribution in [3.05, 3.63) is 68.5 Å². The van der Waals surface area contributed by atoms with Gasteiger partial charge in [0.2, 0.25) is 0 Å². The predicted molar refractivity (Wildman–Crippen MR) is 123 cm³/mol. The first-order valence-corrected chi connectivity index (χ1v) is 11.4. The van der Waals surface area contributed by atoms with E-state index in [1.807, 2.05) is 4.90 Å². The number of nitrogens with zero attached hydrogens (tertiary/aromatic N) is 4. The third-order valence-corrected chi connectivity index (χ3v) is 6.47. The summed E-state index contributed by atoms with van der Waals surface area (Å²) in [5.74, 6) is -0.414. The molecule has 12 heteroatoms. The van der Waals surface area contributed by atoms with E-state index in [1.54, 1.807) is 0 Å². The van der Waals surface area contributed by atoms with Gasteiger partial charge in [-0.05, 0) is 43.9 Å². The number of halogens is 1. The highest BCUT2D eigenvalue weighted by Crippen LogP contribution is 2.29. The van der Waals surface area contributed by atoms with E-state index in [-0.39, 0.29) is 23.2 Å². The second-order valence-corrected chi connectivity index (χ2v) is 8.57. The molecule has 2 aliphatic rings. The van der Waals surface area contributed by atoms with E-state index in [9.17, 15) is 29.4 Å². The summed E-state index contributed by atoms with van der Waals surface area (Å²) in [6.45, 7) is 2.73. The van der Waals surface area contributed by atoms with Crippen LogP contribution in [0.25, 0.3) is 0 Å². The van der Waals surface area contributed by atoms with Gasteiger partial charge >= 0.3 is 6.16 Å². The number of carbonyl (C=O) groups is 1. The van der Waals surface area contributed by atoms with Gasteiger partial charge in [0.15, 0.2) is 5.82 Å². The zero-order valence-electron chi connectivity index (χ0n) is 18.9. The van der Waals surface area contributed by atoms with Crippen molar-refractivity contribution in [2.24, 2.45) is 0 Å². The summed E-state index contributed by atoms with van der Waals surface area (Å²) >= 11 is 0. The molecule has 1 aliphatic heterocycles. The van der Waals surface area contributed by atoms with Gasteiger partial charge in [-0.1, -0.05) is 0 Å². The standard InChI is InChI=1S/C23H25FN4O7/c24-21-15-18(28(32)33)5-10-22(21)26-13-11-25(12-14-26)16-1-6-19(7-2-16)34-23(29)35-20-8-3-17(4-9-20)27(30)31/h3-5,8-10,15-16,19H,1-2,6-7,11-14H2/t16-,19-. The molecule has 1 aliphatic carbocycles. The van der Waals surface area contributed by atoms with E-state index in [4.69, 9.17) is 9.47 Å². The van der Waals surface area contributed by atoms with Crippen LogP contribution in [0, 0.1) is 26.0 Å². The highest BCUT2D eigenvalue weighted by Gasteiger charge is 2.31. The van der Waals surface area contributed by atoms with E-state index in [2.05, 4.69) is 4.90 Å². The van der Waals surface area contributed by atoms with Gasteiger partial charge in [-0.15, -0.1) is 0 Å². The van der Waals surface area contributed by atoms with E-state index >= 15 is 0 Å². The second-order valence-electron chi connectivity index (χ2n) is 8.57. The van der Waals surface area contributed by atoms with Crippen LogP contribution in [0.4, 0.5) is 26.2 Å². The van der Waals surface area contributed by atoms with Crippen molar-refractivity contribution in [2.45, 2.75) is 37.8 Å². The minimum atomic E-state index is -0.832. The number of ether oxygens (including phenoxy) is 2. The second kappa shape index (κ2) is 10.6. The molecule has 1 heterocycles. The highest BCUT2D eigenvalue weighted by atomic mass is 19.1. The van der Waals surface area contributed by atoms with Gasteiger partial charge in [-0.2, -0.15) is 0 Å². The fourth-order valence-corrected chi connectivity index (χ4v) is 4.61. The van der Waals surface area contributed by atoms with Crippen molar-refractivity contribution >= 4 is 23.2 Å². The topological polar surface area (TPSA) is 128 Å². The minimum Gasteiger partial charge on any atom is -0.431 e. The molecule has 4 rings (SSSR count). The van der Waals surface area contributed by atoms with Crippen LogP contribution in [-0.4, -0.2) is 59.2 Å². The third-order valence-electron chi connectivity index (χ3n) is 6.47. The van der Waals surface area contributed by atoms with Crippen LogP contribution in [0.1, 0.15) is 25.7 Å². The quantitative estimate of drug-likeness (QED) is 0.253. The average molecular weight is 488 g/mol. The summed E-state index contributed by atoms with van der Waals surface area (Å²) < 4.78 is 24.9. The van der Waals surface area contributed by atoms with Crippen LogP contribution >= 0.6 is 0 Å². The Hall–Kier alpha value is -3.80. The van der Waals surface area contributed by atoms with E-state index in [0.29, 0.717) is 37.7 Å². The Morgan fingerprint density at radius 2 is 1.49 bits per heavy atom. The van der Waals surface area contributed by atoms with Gasteiger partial charge < -0.3 is 14.4 Å². The fraction of sp³-hybridized carbons (Fsp3) is 0.435. The number of hydrogen-bond acceptors (Lipinski definition) is 9. The molecule has 0 amide bonds. The summed E-state index contributed by atoms with van der Waals surface area (Å²) in [6.07, 6.45) is 1.99. The molecule has 1 saturated heterocycles. The molecule has 2 fully saturated rings. The first kappa shape index (κ1) is 24.3. The van der Waals surface area contributed by atoms with Crippen LogP contribution in [-0.2, 0) is 4.74 Å². The summed E-state index contributed by atoms with van der Waals surface area (Å²) in [5.41, 5.74) is 0.0159. The molecule has 0 bridgehead atoms. The van der Waals surface area contributed by atoms with Crippen LogP contribution in [0.2, 0.25) is 0 Å². The van der Waals surface area contributed by atoms with Gasteiger partial charge in [0.05, 0.1) is 21.6 Å². The molecule has 2 aromatic rings. The monoisotopic (exact) mass is 488 g/mol. The minimum absolute atomic E-state index is 0.0947. The van der Waals surface area contributed by atoms with Gasteiger partial charge in [0, 0.05) is 50.4 Å². The van der Waals surface area contributed by atoms with Crippen molar-refractivity contribution in [1.82, 2.24) is 4.90 Å². The molecule has 35 heavy (non-hydrogen) atoms. The zero-order chi connectivity index (χ0) is 24.9. The van der Waals surface area contributed by atoms with E-state index in [0.717, 1.165) is 32.0 Å². The zero-order valence-corrected chi connectivity index (χ0v) is 18.9. The number of piperazine rings is 1. The highest BCUT2D eigenvalue weighted by molar-refractivity contribution is 5.64. The molecule has 0 aromatic heterocycles. The molecular weight excluding hydrogens is 463 g/mol. The largest absolute Gasteiger partial charge is 0.514 e. The van der Waals surface area contributed by atoms with Crippen LogP contribution < -0.4 is 9.64 Å². The molecule has 0 unspecified atom stereocenters. The summed E-state index contributed by atoms with van der Waals surface area (Å²) in [5, 5.41) is 21.5. The number of carbonyl (C=O) groups excluding carboxylic acids is 1. The van der Waals surface area contributed by atoms with Crippen molar-refractivity contribution in [1.29, 1.82) is 0 Å². The van der Waals surface area contributed by atoms with Gasteiger partial charge in [-0.25, -0.2) is 9.18 Å². The normalized spacial score (nSPS) is 20.8. The number of rotatable bonds is 6. The first-order valence-electron chi connectivity index (χ1n) is 11.4. The predicted octanol–water partition coefficient (Wildman–Crippen LogP) is 4.29. The Balaban J connectivity index is 1.20. The summed E-state index contributed by atoms with van der Waals surface area (Å²) in [4.78, 5) is 36.7. The number of nitro groups is 2. The molecular formula is C23H25FN4O7. The van der Waals surface area contributed by atoms with Crippen LogP contribution in [0.15, 0.2) is 42.5 Å². The van der Waals surface area contributed by atoms with Crippen molar-refractivity contribution in [2.75, 3.05) is 31.1 Å². The Morgan fingerprint density at radius 1 is 0.886 bits per heavy atom. The Bertz CT molecular complexity index is 1080. The third kappa shape index (κ3) is 6.01. The average Bonchev–Trinajstić information content (AvgIpc) is 2.85. The molecule has 0 radical (unpaired) electrons. The maximum Gasteiger partial charge on any atom is 0.514 e. The fourth-order valence-electron chi connectivity index (χ4n) is 4.61. The van der Waals surface area contributed by atoms with Crippen LogP contribution in [0.5, 0.6) is 5.75 Å². The van der Waals surface area contributed by atoms with Crippen molar-refractivity contribution in [3.63, 3.8) is 0 Å². The first-order chi connectivity index (χ1) is 16.8. The van der Waals surface area contributed by atoms with E-state index in [1.165, 1.54) is 36.4 Å². The number of hydrogen-bond donors (Lipinski definition) is 0. The maximum absolute atomic E-state index is 14.3. The lowest BCUT2D eigenvalue weighted by molar-refractivity contribution is -0.385. The van der Waals surface area contributed by atoms with Crippen molar-refractivity contribution in [3.8, 4) is 5.75 Å². The maximum atomic E-state index is 14.3. The number of anilines is 1. The van der Waals surface area contributed by atoms with Gasteiger partial charge in [-0.3, -0.25) is 25.1 Å². The Kier molecular flexibility index (Phi) is 7.39. The number of nitro benzene ring substituents is 2. The molecule has 0 atom stereocenters. The lowest BCUT2D eigenvalue weighted by Crippen LogP contribution is -2.51. The SMILES string of the molecule is O=C(Oc1ccc([N+](=O)[O-])cc1)O[C@H]1CC[C@H](N2CCN(c3ccc([N+](=O)[O-])cc3F)CC2)CC1. The Labute approximate surface area is 200 Å². The number of benzene rings is 2. The molecule has 11 nitrogen and oxygen atoms in total. The molecule has 0 spiro atoms. The Morgan fingerprint density at radius 3 is 2.06 bits per heavy atom. The lowest BCUT2D eigenvalue weighted by Gasteiger charge is -2.42. The van der Waals surface area contributed by atoms with Crippen molar-refractivity contribution < 1.29 is 28.5 Å². The molecule has 0 N–H and O–H groups in total. The van der Waals surface area contributed by atoms with E-state index < -0.39 is 21.8 Å². The summed E-state index contributed by atoms with van der Waals surface area (Å²) in [6, 6.07) is 9.27. The lowest BCUT2D eigenvalue weighted by atomic mass is 9.91. The molecule has 186 valence electrons. The molecule has 2 aromatic carbocycles. The van der Waals surface area contributed by atoms with Gasteiger partial charge in [0.1, 0.15) is 11.9 Å². The molecule has 1 saturated carbocycles. The van der Waals surface area contributed by atoms with Gasteiger partial charge in [0.25, 0.3) is 11.4 Å². The summed E-state index contributed by atoms with van der Waals surface area (Å²) in [7, 11) is 0. The van der Waals surface area contributed by atoms with Crippen LogP contribution in [0.3, 0.4) is 0 Å². The smallest absolute Gasteiger partial charge is 0.431 e. The number of non-ortho nitro benzene ring substituents is 2.